The van der Waals surface area contributed by atoms with Crippen molar-refractivity contribution in [1.82, 2.24) is 4.90 Å². The zero-order valence-corrected chi connectivity index (χ0v) is 8.62. The summed E-state index contributed by atoms with van der Waals surface area (Å²) in [6.45, 7) is 0. The molecule has 2 nitrogen and oxygen atoms in total. The second-order valence-corrected chi connectivity index (χ2v) is 4.04. The smallest absolute Gasteiger partial charge is 0.0991 e. The van der Waals surface area contributed by atoms with E-state index >= 15 is 0 Å². The van der Waals surface area contributed by atoms with Gasteiger partial charge in [0, 0.05) is 6.04 Å². The van der Waals surface area contributed by atoms with Crippen LogP contribution in [0.1, 0.15) is 29.2 Å². The first kappa shape index (κ1) is 9.23. The normalized spacial score (nSPS) is 19.4. The number of nitrogens with zero attached hydrogens (tertiary/aromatic N) is 2. The Kier molecular flexibility index (Phi) is 2.26. The fourth-order valence-corrected chi connectivity index (χ4v) is 2.20. The number of hydrogen-bond acceptors (Lipinski definition) is 2. The summed E-state index contributed by atoms with van der Waals surface area (Å²) < 4.78 is 0. The fraction of sp³-hybridized carbons (Fsp3) is 0.417. The van der Waals surface area contributed by atoms with E-state index in [0.717, 1.165) is 12.0 Å². The van der Waals surface area contributed by atoms with Gasteiger partial charge < -0.3 is 4.90 Å². The van der Waals surface area contributed by atoms with Crippen molar-refractivity contribution in [3.63, 3.8) is 0 Å². The van der Waals surface area contributed by atoms with Gasteiger partial charge in [0.1, 0.15) is 0 Å². The molecule has 1 unspecified atom stereocenters. The van der Waals surface area contributed by atoms with Crippen LogP contribution >= 0.6 is 0 Å². The highest BCUT2D eigenvalue weighted by atomic mass is 15.1. The monoisotopic (exact) mass is 186 g/mol. The summed E-state index contributed by atoms with van der Waals surface area (Å²) in [6, 6.07) is 8.77. The lowest BCUT2D eigenvalue weighted by Gasteiger charge is -2.19. The van der Waals surface area contributed by atoms with Gasteiger partial charge >= 0.3 is 0 Å². The molecular formula is C12H14N2. The molecule has 0 aromatic heterocycles. The van der Waals surface area contributed by atoms with Crippen molar-refractivity contribution in [1.29, 1.82) is 5.26 Å². The molecule has 1 aromatic rings. The Labute approximate surface area is 84.8 Å². The van der Waals surface area contributed by atoms with Gasteiger partial charge in [0.15, 0.2) is 0 Å². The second-order valence-electron chi connectivity index (χ2n) is 4.04. The van der Waals surface area contributed by atoms with Crippen molar-refractivity contribution >= 4 is 0 Å². The Bertz CT molecular complexity index is 388. The average molecular weight is 186 g/mol. The Hall–Kier alpha value is -1.33. The molecule has 0 saturated carbocycles. The van der Waals surface area contributed by atoms with Crippen molar-refractivity contribution < 1.29 is 0 Å². The van der Waals surface area contributed by atoms with Crippen molar-refractivity contribution in [3.8, 4) is 6.07 Å². The van der Waals surface area contributed by atoms with Crippen LogP contribution in [0.5, 0.6) is 0 Å². The highest BCUT2D eigenvalue weighted by Gasteiger charge is 2.23. The number of hydrogen-bond donors (Lipinski definition) is 0. The van der Waals surface area contributed by atoms with Gasteiger partial charge in [-0.3, -0.25) is 0 Å². The maximum absolute atomic E-state index is 8.78. The predicted molar refractivity (Wildman–Crippen MR) is 55.9 cm³/mol. The van der Waals surface area contributed by atoms with Crippen molar-refractivity contribution in [2.24, 2.45) is 0 Å². The number of aryl methyl sites for hydroxylation is 1. The minimum atomic E-state index is 0.540. The molecule has 1 aliphatic rings. The van der Waals surface area contributed by atoms with Crippen LogP contribution in [0.3, 0.4) is 0 Å². The summed E-state index contributed by atoms with van der Waals surface area (Å²) in [4.78, 5) is 2.25. The summed E-state index contributed by atoms with van der Waals surface area (Å²) in [5, 5.41) is 8.78. The summed E-state index contributed by atoms with van der Waals surface area (Å²) in [5.74, 6) is 0. The Morgan fingerprint density at radius 2 is 2.21 bits per heavy atom. The lowest BCUT2D eigenvalue weighted by Crippen LogP contribution is -2.17. The maximum atomic E-state index is 8.78. The van der Waals surface area contributed by atoms with Crippen LogP contribution in [0.4, 0.5) is 0 Å². The fourth-order valence-electron chi connectivity index (χ4n) is 2.20. The Morgan fingerprint density at radius 3 is 2.86 bits per heavy atom. The first-order chi connectivity index (χ1) is 6.72. The standard InChI is InChI=1S/C12H14N2/c1-14(2)12-6-4-10-7-9(8-13)3-5-11(10)12/h3,5,7,12H,4,6H2,1-2H3. The molecule has 14 heavy (non-hydrogen) atoms. The minimum Gasteiger partial charge on any atom is -0.302 e. The molecule has 0 bridgehead atoms. The molecule has 0 fully saturated rings. The Balaban J connectivity index is 2.39. The molecule has 0 heterocycles. The lowest BCUT2D eigenvalue weighted by molar-refractivity contribution is 0.299. The lowest BCUT2D eigenvalue weighted by atomic mass is 10.0. The largest absolute Gasteiger partial charge is 0.302 e. The van der Waals surface area contributed by atoms with Gasteiger partial charge in [0.25, 0.3) is 0 Å². The summed E-state index contributed by atoms with van der Waals surface area (Å²) >= 11 is 0. The van der Waals surface area contributed by atoms with E-state index in [2.05, 4.69) is 31.1 Å². The van der Waals surface area contributed by atoms with Crippen LogP contribution in [-0.4, -0.2) is 19.0 Å². The van der Waals surface area contributed by atoms with Gasteiger partial charge in [-0.25, -0.2) is 0 Å². The summed E-state index contributed by atoms with van der Waals surface area (Å²) in [6.07, 6.45) is 2.28. The third kappa shape index (κ3) is 1.40. The number of fused-ring (bicyclic) bond motifs is 1. The maximum Gasteiger partial charge on any atom is 0.0991 e. The molecule has 72 valence electrons. The van der Waals surface area contributed by atoms with Crippen LogP contribution < -0.4 is 0 Å². The van der Waals surface area contributed by atoms with Crippen LogP contribution in [-0.2, 0) is 6.42 Å². The van der Waals surface area contributed by atoms with Crippen molar-refractivity contribution in [3.05, 3.63) is 34.9 Å². The zero-order chi connectivity index (χ0) is 10.1. The summed E-state index contributed by atoms with van der Waals surface area (Å²) in [7, 11) is 4.22. The highest BCUT2D eigenvalue weighted by molar-refractivity contribution is 5.42. The first-order valence-electron chi connectivity index (χ1n) is 4.91. The van der Waals surface area contributed by atoms with E-state index in [0.29, 0.717) is 6.04 Å². The van der Waals surface area contributed by atoms with E-state index in [-0.39, 0.29) is 0 Å². The van der Waals surface area contributed by atoms with Gasteiger partial charge in [0.2, 0.25) is 0 Å². The molecule has 1 aromatic carbocycles. The number of nitriles is 1. The first-order valence-corrected chi connectivity index (χ1v) is 4.91. The van der Waals surface area contributed by atoms with Crippen LogP contribution in [0.25, 0.3) is 0 Å². The van der Waals surface area contributed by atoms with Crippen molar-refractivity contribution in [2.45, 2.75) is 18.9 Å². The van der Waals surface area contributed by atoms with Gasteiger partial charge in [0.05, 0.1) is 11.6 Å². The highest BCUT2D eigenvalue weighted by Crippen LogP contribution is 2.34. The van der Waals surface area contributed by atoms with E-state index in [4.69, 9.17) is 5.26 Å². The third-order valence-electron chi connectivity index (χ3n) is 2.94. The molecule has 0 radical (unpaired) electrons. The molecule has 0 aliphatic heterocycles. The van der Waals surface area contributed by atoms with Gasteiger partial charge in [-0.05, 0) is 50.2 Å². The van der Waals surface area contributed by atoms with Crippen LogP contribution in [0, 0.1) is 11.3 Å². The average Bonchev–Trinajstić information content (AvgIpc) is 2.59. The van der Waals surface area contributed by atoms with Crippen LogP contribution in [0.2, 0.25) is 0 Å². The van der Waals surface area contributed by atoms with E-state index in [1.165, 1.54) is 17.5 Å². The molecule has 1 aliphatic carbocycles. The molecule has 0 N–H and O–H groups in total. The predicted octanol–water partition coefficient (Wildman–Crippen LogP) is 2.11. The third-order valence-corrected chi connectivity index (χ3v) is 2.94. The van der Waals surface area contributed by atoms with Gasteiger partial charge in [-0.15, -0.1) is 0 Å². The van der Waals surface area contributed by atoms with E-state index in [1.807, 2.05) is 12.1 Å². The van der Waals surface area contributed by atoms with Gasteiger partial charge in [-0.2, -0.15) is 5.26 Å². The zero-order valence-electron chi connectivity index (χ0n) is 8.62. The minimum absolute atomic E-state index is 0.540. The molecule has 0 saturated heterocycles. The number of benzene rings is 1. The quantitative estimate of drug-likeness (QED) is 0.671. The van der Waals surface area contributed by atoms with Crippen LogP contribution in [0.15, 0.2) is 18.2 Å². The summed E-state index contributed by atoms with van der Waals surface area (Å²) in [5.41, 5.74) is 3.53. The topological polar surface area (TPSA) is 27.0 Å². The van der Waals surface area contributed by atoms with Crippen molar-refractivity contribution in [2.75, 3.05) is 14.1 Å². The molecule has 2 heteroatoms. The Morgan fingerprint density at radius 1 is 1.43 bits per heavy atom. The van der Waals surface area contributed by atoms with E-state index < -0.39 is 0 Å². The second kappa shape index (κ2) is 3.43. The number of rotatable bonds is 1. The van der Waals surface area contributed by atoms with Gasteiger partial charge in [-0.1, -0.05) is 6.07 Å². The van der Waals surface area contributed by atoms with E-state index in [9.17, 15) is 0 Å². The molecule has 2 rings (SSSR count). The molecule has 0 amide bonds. The van der Waals surface area contributed by atoms with E-state index in [1.54, 1.807) is 0 Å². The molecule has 1 atom stereocenters. The SMILES string of the molecule is CN(C)C1CCc2cc(C#N)ccc21. The molecule has 0 spiro atoms. The molecular weight excluding hydrogens is 172 g/mol.